The number of hydrogen-bond donors (Lipinski definition) is 9. The van der Waals surface area contributed by atoms with Crippen LogP contribution in [-0.2, 0) is 36.8 Å². The van der Waals surface area contributed by atoms with Crippen molar-refractivity contribution in [3.8, 4) is 5.75 Å². The van der Waals surface area contributed by atoms with Crippen molar-refractivity contribution in [1.82, 2.24) is 20.9 Å². The molecule has 224 valence electrons. The SMILES string of the molecule is NC(CO)C(=O)NC(Cc1c[nH]c2ccccc12)C(=O)NC(Cc1ccc(O)cc1)C(=O)NC(CCC(=O)O)C(=O)O. The Bertz CT molecular complexity index is 1420. The van der Waals surface area contributed by atoms with Gasteiger partial charge in [0.25, 0.3) is 0 Å². The Morgan fingerprint density at radius 1 is 0.810 bits per heavy atom. The van der Waals surface area contributed by atoms with Gasteiger partial charge in [-0.2, -0.15) is 0 Å². The van der Waals surface area contributed by atoms with Crippen molar-refractivity contribution in [3.63, 3.8) is 0 Å². The number of fused-ring (bicyclic) bond motifs is 1. The number of nitrogens with two attached hydrogens (primary N) is 1. The predicted molar refractivity (Wildman–Crippen MR) is 149 cm³/mol. The molecule has 4 unspecified atom stereocenters. The van der Waals surface area contributed by atoms with Gasteiger partial charge in [0.05, 0.1) is 6.61 Å². The molecular formula is C28H33N5O9. The number of aromatic amines is 1. The molecule has 0 radical (unpaired) electrons. The third-order valence-electron chi connectivity index (χ3n) is 6.54. The summed E-state index contributed by atoms with van der Waals surface area (Å²) in [6.07, 6.45) is 0.602. The maximum atomic E-state index is 13.6. The average Bonchev–Trinajstić information content (AvgIpc) is 3.37. The molecule has 0 aliphatic carbocycles. The maximum Gasteiger partial charge on any atom is 0.326 e. The molecule has 1 heterocycles. The first-order valence-corrected chi connectivity index (χ1v) is 13.0. The van der Waals surface area contributed by atoms with Crippen molar-refractivity contribution >= 4 is 40.6 Å². The van der Waals surface area contributed by atoms with Gasteiger partial charge in [-0.15, -0.1) is 0 Å². The van der Waals surface area contributed by atoms with Crippen LogP contribution >= 0.6 is 0 Å². The maximum absolute atomic E-state index is 13.6. The molecule has 3 amide bonds. The van der Waals surface area contributed by atoms with Crippen molar-refractivity contribution in [3.05, 3.63) is 65.9 Å². The van der Waals surface area contributed by atoms with Gasteiger partial charge >= 0.3 is 11.9 Å². The molecule has 0 aliphatic rings. The summed E-state index contributed by atoms with van der Waals surface area (Å²) in [5.74, 6) is -5.25. The molecule has 3 rings (SSSR count). The molecule has 0 saturated heterocycles. The van der Waals surface area contributed by atoms with Crippen molar-refractivity contribution in [2.24, 2.45) is 5.73 Å². The van der Waals surface area contributed by atoms with E-state index in [1.54, 1.807) is 12.3 Å². The highest BCUT2D eigenvalue weighted by Crippen LogP contribution is 2.19. The van der Waals surface area contributed by atoms with E-state index in [4.69, 9.17) is 10.8 Å². The molecule has 4 atom stereocenters. The Hall–Kier alpha value is -4.95. The molecule has 0 saturated carbocycles. The molecule has 0 aliphatic heterocycles. The predicted octanol–water partition coefficient (Wildman–Crippen LogP) is -0.618. The largest absolute Gasteiger partial charge is 0.508 e. The number of hydrogen-bond acceptors (Lipinski definition) is 8. The van der Waals surface area contributed by atoms with E-state index in [0.717, 1.165) is 10.9 Å². The number of aromatic hydroxyl groups is 1. The number of amides is 3. The Balaban J connectivity index is 1.89. The summed E-state index contributed by atoms with van der Waals surface area (Å²) < 4.78 is 0. The van der Waals surface area contributed by atoms with Gasteiger partial charge in [0.2, 0.25) is 17.7 Å². The molecule has 0 bridgehead atoms. The number of carboxylic acid groups (broad SMARTS) is 2. The second-order valence-corrected chi connectivity index (χ2v) is 9.68. The first kappa shape index (κ1) is 31.6. The Morgan fingerprint density at radius 2 is 1.40 bits per heavy atom. The smallest absolute Gasteiger partial charge is 0.326 e. The molecule has 1 aromatic heterocycles. The van der Waals surface area contributed by atoms with E-state index in [1.165, 1.54) is 24.3 Å². The van der Waals surface area contributed by atoms with Crippen LogP contribution in [0.1, 0.15) is 24.0 Å². The highest BCUT2D eigenvalue weighted by molar-refractivity contribution is 5.95. The zero-order chi connectivity index (χ0) is 30.8. The van der Waals surface area contributed by atoms with Crippen LogP contribution in [0.15, 0.2) is 54.7 Å². The number of rotatable bonds is 15. The number of phenolic OH excluding ortho intramolecular Hbond substituents is 1. The van der Waals surface area contributed by atoms with E-state index < -0.39 is 73.3 Å². The number of phenols is 1. The van der Waals surface area contributed by atoms with Crippen molar-refractivity contribution in [2.45, 2.75) is 49.9 Å². The molecule has 0 fully saturated rings. The molecule has 3 aromatic rings. The summed E-state index contributed by atoms with van der Waals surface area (Å²) in [5, 5.41) is 45.5. The highest BCUT2D eigenvalue weighted by atomic mass is 16.4. The number of para-hydroxylation sites is 1. The summed E-state index contributed by atoms with van der Waals surface area (Å²) in [6, 6.07) is 7.55. The van der Waals surface area contributed by atoms with Crippen LogP contribution in [0, 0.1) is 0 Å². The molecule has 14 nitrogen and oxygen atoms in total. The standard InChI is InChI=1S/C28H33N5O9/c29-19(14-34)25(38)32-23(12-16-13-30-20-4-2-1-3-18(16)20)27(40)33-22(11-15-5-7-17(35)8-6-15)26(39)31-21(28(41)42)9-10-24(36)37/h1-8,13,19,21-23,30,34-35H,9-12,14,29H2,(H,31,39)(H,32,38)(H,33,40)(H,36,37)(H,41,42). The zero-order valence-electron chi connectivity index (χ0n) is 22.4. The van der Waals surface area contributed by atoms with Gasteiger partial charge in [-0.25, -0.2) is 4.79 Å². The van der Waals surface area contributed by atoms with Crippen molar-refractivity contribution in [2.75, 3.05) is 6.61 Å². The van der Waals surface area contributed by atoms with Crippen molar-refractivity contribution in [1.29, 1.82) is 0 Å². The van der Waals surface area contributed by atoms with E-state index >= 15 is 0 Å². The van der Waals surface area contributed by atoms with E-state index in [0.29, 0.717) is 11.1 Å². The number of aliphatic carboxylic acids is 2. The number of aliphatic hydroxyl groups excluding tert-OH is 1. The van der Waals surface area contributed by atoms with Gasteiger partial charge in [-0.3, -0.25) is 19.2 Å². The fourth-order valence-electron chi connectivity index (χ4n) is 4.24. The second kappa shape index (κ2) is 14.6. The first-order valence-electron chi connectivity index (χ1n) is 13.0. The molecule has 42 heavy (non-hydrogen) atoms. The Morgan fingerprint density at radius 3 is 2.02 bits per heavy atom. The van der Waals surface area contributed by atoms with E-state index in [-0.39, 0.29) is 18.6 Å². The van der Waals surface area contributed by atoms with Crippen LogP contribution in [0.25, 0.3) is 10.9 Å². The van der Waals surface area contributed by atoms with Gasteiger partial charge in [0, 0.05) is 36.4 Å². The lowest BCUT2D eigenvalue weighted by Crippen LogP contribution is -2.58. The highest BCUT2D eigenvalue weighted by Gasteiger charge is 2.31. The normalized spacial score (nSPS) is 13.9. The van der Waals surface area contributed by atoms with Crippen LogP contribution in [0.5, 0.6) is 5.75 Å². The fourth-order valence-corrected chi connectivity index (χ4v) is 4.24. The number of benzene rings is 2. The summed E-state index contributed by atoms with van der Waals surface area (Å²) in [7, 11) is 0. The monoisotopic (exact) mass is 583 g/mol. The minimum absolute atomic E-state index is 0.0242. The van der Waals surface area contributed by atoms with Crippen LogP contribution in [-0.4, -0.2) is 85.8 Å². The molecular weight excluding hydrogens is 550 g/mol. The van der Waals surface area contributed by atoms with Crippen LogP contribution < -0.4 is 21.7 Å². The number of carbonyl (C=O) groups excluding carboxylic acids is 3. The van der Waals surface area contributed by atoms with Crippen molar-refractivity contribution < 1.29 is 44.4 Å². The summed E-state index contributed by atoms with van der Waals surface area (Å²) in [6.45, 7) is -0.675. The third-order valence-corrected chi connectivity index (χ3v) is 6.54. The Labute approximate surface area is 239 Å². The van der Waals surface area contributed by atoms with Gasteiger partial charge in [-0.1, -0.05) is 30.3 Å². The topological polar surface area (TPSA) is 244 Å². The van der Waals surface area contributed by atoms with Crippen LogP contribution in [0.2, 0.25) is 0 Å². The number of nitrogens with one attached hydrogen (secondary N) is 4. The lowest BCUT2D eigenvalue weighted by atomic mass is 10.0. The quantitative estimate of drug-likeness (QED) is 0.110. The van der Waals surface area contributed by atoms with Gasteiger partial charge in [0.15, 0.2) is 0 Å². The van der Waals surface area contributed by atoms with E-state index in [1.807, 2.05) is 18.2 Å². The number of carbonyl (C=O) groups is 5. The number of carboxylic acids is 2. The summed E-state index contributed by atoms with van der Waals surface area (Å²) in [5.41, 5.74) is 7.61. The minimum Gasteiger partial charge on any atom is -0.508 e. The third kappa shape index (κ3) is 8.78. The van der Waals surface area contributed by atoms with Gasteiger partial charge in [0.1, 0.15) is 29.9 Å². The number of aromatic nitrogens is 1. The number of H-pyrrole nitrogens is 1. The zero-order valence-corrected chi connectivity index (χ0v) is 22.4. The lowest BCUT2D eigenvalue weighted by molar-refractivity contribution is -0.143. The summed E-state index contributed by atoms with van der Waals surface area (Å²) >= 11 is 0. The number of aliphatic hydroxyl groups is 1. The van der Waals surface area contributed by atoms with E-state index in [9.17, 15) is 39.3 Å². The van der Waals surface area contributed by atoms with Crippen LogP contribution in [0.4, 0.5) is 0 Å². The Kier molecular flexibility index (Phi) is 11.0. The first-order chi connectivity index (χ1) is 20.0. The summed E-state index contributed by atoms with van der Waals surface area (Å²) in [4.78, 5) is 65.2. The molecule has 0 spiro atoms. The molecule has 2 aromatic carbocycles. The minimum atomic E-state index is -1.54. The second-order valence-electron chi connectivity index (χ2n) is 9.68. The van der Waals surface area contributed by atoms with E-state index in [2.05, 4.69) is 20.9 Å². The fraction of sp³-hybridized carbons (Fsp3) is 0.321. The van der Waals surface area contributed by atoms with Gasteiger partial charge in [-0.05, 0) is 35.7 Å². The molecule has 14 heteroatoms. The molecule has 10 N–H and O–H groups in total. The average molecular weight is 584 g/mol. The van der Waals surface area contributed by atoms with Crippen LogP contribution in [0.3, 0.4) is 0 Å². The van der Waals surface area contributed by atoms with Gasteiger partial charge < -0.3 is 47.1 Å². The lowest BCUT2D eigenvalue weighted by Gasteiger charge is -2.25.